The van der Waals surface area contributed by atoms with Crippen LogP contribution in [-0.2, 0) is 4.79 Å². The van der Waals surface area contributed by atoms with E-state index in [1.54, 1.807) is 18.3 Å². The Balaban J connectivity index is 1.77. The predicted octanol–water partition coefficient (Wildman–Crippen LogP) is 3.89. The highest BCUT2D eigenvalue weighted by molar-refractivity contribution is 8.00. The Kier molecular flexibility index (Phi) is 5.84. The number of nitrogens with one attached hydrogen (secondary N) is 1. The highest BCUT2D eigenvalue weighted by Gasteiger charge is 2.01. The van der Waals surface area contributed by atoms with Gasteiger partial charge in [0.2, 0.25) is 5.91 Å². The molecule has 0 unspecified atom stereocenters. The number of carbonyl (C=O) groups is 1. The monoisotopic (exact) mass is 318 g/mol. The summed E-state index contributed by atoms with van der Waals surface area (Å²) in [4.78, 5) is 12.7. The first-order chi connectivity index (χ1) is 10.1. The molecule has 1 N–H and O–H groups in total. The lowest BCUT2D eigenvalue weighted by Gasteiger charge is -2.01. The number of amides is 1. The SMILES string of the molecule is Cc1ccc(/C=N\NC(=O)CSc2ccc(Cl)cc2)cc1. The Hall–Kier alpha value is -1.78. The van der Waals surface area contributed by atoms with Crippen molar-refractivity contribution in [3.05, 3.63) is 64.7 Å². The first-order valence-corrected chi connectivity index (χ1v) is 7.77. The van der Waals surface area contributed by atoms with E-state index in [0.29, 0.717) is 10.8 Å². The normalized spacial score (nSPS) is 10.8. The maximum Gasteiger partial charge on any atom is 0.250 e. The van der Waals surface area contributed by atoms with Crippen molar-refractivity contribution in [3.63, 3.8) is 0 Å². The Morgan fingerprint density at radius 1 is 1.19 bits per heavy atom. The van der Waals surface area contributed by atoms with Crippen LogP contribution in [0.1, 0.15) is 11.1 Å². The van der Waals surface area contributed by atoms with Gasteiger partial charge in [-0.3, -0.25) is 4.79 Å². The first-order valence-electron chi connectivity index (χ1n) is 6.40. The summed E-state index contributed by atoms with van der Waals surface area (Å²) in [5.74, 6) is 0.172. The van der Waals surface area contributed by atoms with Crippen LogP contribution in [0, 0.1) is 6.92 Å². The quantitative estimate of drug-likeness (QED) is 0.516. The Morgan fingerprint density at radius 3 is 2.52 bits per heavy atom. The molecule has 1 amide bonds. The molecule has 2 aromatic rings. The summed E-state index contributed by atoms with van der Waals surface area (Å²) in [5.41, 5.74) is 4.65. The average molecular weight is 319 g/mol. The summed E-state index contributed by atoms with van der Waals surface area (Å²) in [6.45, 7) is 2.02. The van der Waals surface area contributed by atoms with Gasteiger partial charge < -0.3 is 0 Å². The average Bonchev–Trinajstić information content (AvgIpc) is 2.49. The fourth-order valence-corrected chi connectivity index (χ4v) is 2.36. The van der Waals surface area contributed by atoms with E-state index in [-0.39, 0.29) is 5.91 Å². The molecule has 0 radical (unpaired) electrons. The minimum Gasteiger partial charge on any atom is -0.272 e. The van der Waals surface area contributed by atoms with Crippen LogP contribution in [0.15, 0.2) is 58.5 Å². The van der Waals surface area contributed by atoms with Crippen molar-refractivity contribution in [2.75, 3.05) is 5.75 Å². The molecule has 5 heteroatoms. The molecule has 0 fully saturated rings. The molecule has 0 spiro atoms. The van der Waals surface area contributed by atoms with E-state index in [4.69, 9.17) is 11.6 Å². The topological polar surface area (TPSA) is 41.5 Å². The minimum atomic E-state index is -0.140. The number of thioether (sulfide) groups is 1. The number of carbonyl (C=O) groups excluding carboxylic acids is 1. The second kappa shape index (κ2) is 7.86. The van der Waals surface area contributed by atoms with Crippen LogP contribution in [0.2, 0.25) is 5.02 Å². The van der Waals surface area contributed by atoms with Crippen molar-refractivity contribution in [3.8, 4) is 0 Å². The second-order valence-corrected chi connectivity index (χ2v) is 5.93. The van der Waals surface area contributed by atoms with E-state index < -0.39 is 0 Å². The van der Waals surface area contributed by atoms with Crippen molar-refractivity contribution < 1.29 is 4.79 Å². The van der Waals surface area contributed by atoms with E-state index in [9.17, 15) is 4.79 Å². The van der Waals surface area contributed by atoms with Crippen molar-refractivity contribution in [1.29, 1.82) is 0 Å². The van der Waals surface area contributed by atoms with Gasteiger partial charge in [-0.1, -0.05) is 41.4 Å². The molecule has 0 heterocycles. The van der Waals surface area contributed by atoms with Gasteiger partial charge in [0.15, 0.2) is 0 Å². The minimum absolute atomic E-state index is 0.140. The van der Waals surface area contributed by atoms with E-state index in [1.807, 2.05) is 43.3 Å². The lowest BCUT2D eigenvalue weighted by Crippen LogP contribution is -2.19. The third-order valence-electron chi connectivity index (χ3n) is 2.66. The van der Waals surface area contributed by atoms with Gasteiger partial charge in [0.05, 0.1) is 12.0 Å². The fraction of sp³-hybridized carbons (Fsp3) is 0.125. The summed E-state index contributed by atoms with van der Waals surface area (Å²) in [5, 5.41) is 4.63. The predicted molar refractivity (Wildman–Crippen MR) is 89.1 cm³/mol. The summed E-state index contributed by atoms with van der Waals surface area (Å²) < 4.78 is 0. The third kappa shape index (κ3) is 5.61. The molecular weight excluding hydrogens is 304 g/mol. The maximum atomic E-state index is 11.7. The van der Waals surface area contributed by atoms with E-state index in [2.05, 4.69) is 10.5 Å². The molecule has 0 aromatic heterocycles. The molecule has 0 aliphatic carbocycles. The number of hydrogen-bond acceptors (Lipinski definition) is 3. The zero-order valence-corrected chi connectivity index (χ0v) is 13.1. The van der Waals surface area contributed by atoms with Gasteiger partial charge >= 0.3 is 0 Å². The van der Waals surface area contributed by atoms with Gasteiger partial charge in [-0.2, -0.15) is 5.10 Å². The smallest absolute Gasteiger partial charge is 0.250 e. The number of rotatable bonds is 5. The van der Waals surface area contributed by atoms with E-state index in [0.717, 1.165) is 10.5 Å². The molecule has 0 aliphatic rings. The lowest BCUT2D eigenvalue weighted by atomic mass is 10.2. The Labute approximate surface area is 133 Å². The van der Waals surface area contributed by atoms with E-state index >= 15 is 0 Å². The number of nitrogens with zero attached hydrogens (tertiary/aromatic N) is 1. The highest BCUT2D eigenvalue weighted by atomic mass is 35.5. The van der Waals surface area contributed by atoms with Crippen molar-refractivity contribution in [2.45, 2.75) is 11.8 Å². The van der Waals surface area contributed by atoms with Crippen molar-refractivity contribution in [1.82, 2.24) is 5.43 Å². The zero-order valence-electron chi connectivity index (χ0n) is 11.5. The van der Waals surface area contributed by atoms with Crippen LogP contribution < -0.4 is 5.43 Å². The van der Waals surface area contributed by atoms with Gasteiger partial charge in [-0.15, -0.1) is 11.8 Å². The van der Waals surface area contributed by atoms with Gasteiger partial charge in [-0.25, -0.2) is 5.43 Å². The number of halogens is 1. The van der Waals surface area contributed by atoms with Gasteiger partial charge in [0, 0.05) is 9.92 Å². The number of benzene rings is 2. The molecular formula is C16H15ClN2OS. The molecule has 2 rings (SSSR count). The highest BCUT2D eigenvalue weighted by Crippen LogP contribution is 2.19. The largest absolute Gasteiger partial charge is 0.272 e. The molecule has 21 heavy (non-hydrogen) atoms. The summed E-state index contributed by atoms with van der Waals surface area (Å²) in [6.07, 6.45) is 1.63. The molecule has 0 saturated heterocycles. The maximum absolute atomic E-state index is 11.7. The zero-order chi connectivity index (χ0) is 15.1. The molecule has 0 saturated carbocycles. The molecule has 2 aromatic carbocycles. The van der Waals surface area contributed by atoms with Gasteiger partial charge in [0.25, 0.3) is 0 Å². The number of hydrogen-bond donors (Lipinski definition) is 1. The van der Waals surface area contributed by atoms with Crippen LogP contribution in [0.4, 0.5) is 0 Å². The van der Waals surface area contributed by atoms with Crippen molar-refractivity contribution in [2.24, 2.45) is 5.10 Å². The lowest BCUT2D eigenvalue weighted by molar-refractivity contribution is -0.118. The molecule has 3 nitrogen and oxygen atoms in total. The second-order valence-electron chi connectivity index (χ2n) is 4.45. The fourth-order valence-electron chi connectivity index (χ4n) is 1.54. The summed E-state index contributed by atoms with van der Waals surface area (Å²) in [6, 6.07) is 15.3. The van der Waals surface area contributed by atoms with E-state index in [1.165, 1.54) is 17.3 Å². The molecule has 0 atom stereocenters. The van der Waals surface area contributed by atoms with Crippen LogP contribution in [-0.4, -0.2) is 17.9 Å². The van der Waals surface area contributed by atoms with Gasteiger partial charge in [-0.05, 0) is 36.8 Å². The molecule has 0 bridgehead atoms. The first kappa shape index (κ1) is 15.6. The standard InChI is InChI=1S/C16H15ClN2OS/c1-12-2-4-13(5-3-12)10-18-19-16(20)11-21-15-8-6-14(17)7-9-15/h2-10H,11H2,1H3,(H,19,20)/b18-10-. The molecule has 0 aliphatic heterocycles. The number of aryl methyl sites for hydroxylation is 1. The summed E-state index contributed by atoms with van der Waals surface area (Å²) >= 11 is 7.24. The van der Waals surface area contributed by atoms with Gasteiger partial charge in [0.1, 0.15) is 0 Å². The van der Waals surface area contributed by atoms with Crippen LogP contribution in [0.5, 0.6) is 0 Å². The van der Waals surface area contributed by atoms with Crippen LogP contribution in [0.25, 0.3) is 0 Å². The van der Waals surface area contributed by atoms with Crippen LogP contribution in [0.3, 0.4) is 0 Å². The van der Waals surface area contributed by atoms with Crippen LogP contribution >= 0.6 is 23.4 Å². The summed E-state index contributed by atoms with van der Waals surface area (Å²) in [7, 11) is 0. The third-order valence-corrected chi connectivity index (χ3v) is 3.93. The Morgan fingerprint density at radius 2 is 1.86 bits per heavy atom. The Bertz CT molecular complexity index is 624. The van der Waals surface area contributed by atoms with Crippen molar-refractivity contribution >= 4 is 35.5 Å². The number of hydrazone groups is 1. The molecule has 108 valence electrons.